The first kappa shape index (κ1) is 15.6. The Kier molecular flexibility index (Phi) is 4.11. The Morgan fingerprint density at radius 3 is 2.48 bits per heavy atom. The van der Waals surface area contributed by atoms with E-state index in [9.17, 15) is 9.59 Å². The van der Waals surface area contributed by atoms with Crippen LogP contribution in [0.5, 0.6) is 0 Å². The number of primary amides is 1. The minimum atomic E-state index is -0.888. The van der Waals surface area contributed by atoms with Gasteiger partial charge in [-0.3, -0.25) is 9.59 Å². The maximum atomic E-state index is 12.7. The van der Waals surface area contributed by atoms with Gasteiger partial charge in [0.05, 0.1) is 12.1 Å². The minimum Gasteiger partial charge on any atom is -0.368 e. The van der Waals surface area contributed by atoms with Crippen LogP contribution < -0.4 is 16.4 Å². The molecule has 0 bridgehead atoms. The summed E-state index contributed by atoms with van der Waals surface area (Å²) < 4.78 is 0. The van der Waals surface area contributed by atoms with Gasteiger partial charge < -0.3 is 16.4 Å². The molecule has 6 heteroatoms. The van der Waals surface area contributed by atoms with Crippen LogP contribution >= 0.6 is 11.8 Å². The molecule has 0 saturated heterocycles. The van der Waals surface area contributed by atoms with Crippen LogP contribution in [0.4, 0.5) is 5.69 Å². The van der Waals surface area contributed by atoms with Crippen molar-refractivity contribution >= 4 is 29.3 Å². The summed E-state index contributed by atoms with van der Waals surface area (Å²) >= 11 is 1.43. The van der Waals surface area contributed by atoms with Crippen LogP contribution in [0.1, 0.15) is 12.0 Å². The molecule has 1 heterocycles. The second-order valence-corrected chi connectivity index (χ2v) is 6.82. The molecule has 0 spiro atoms. The van der Waals surface area contributed by atoms with Crippen molar-refractivity contribution in [1.82, 2.24) is 0 Å². The molecule has 0 aliphatic carbocycles. The van der Waals surface area contributed by atoms with Crippen LogP contribution in [0.15, 0.2) is 59.5 Å². The zero-order valence-electron chi connectivity index (χ0n) is 12.4. The van der Waals surface area contributed by atoms with Gasteiger partial charge in [0.2, 0.25) is 11.8 Å². The zero-order valence-corrected chi connectivity index (χ0v) is 13.3. The van der Waals surface area contributed by atoms with Crippen molar-refractivity contribution in [2.75, 3.05) is 11.4 Å². The highest BCUT2D eigenvalue weighted by molar-refractivity contribution is 8.00. The molecule has 4 N–H and O–H groups in total. The van der Waals surface area contributed by atoms with Gasteiger partial charge in [0.25, 0.3) is 0 Å². The van der Waals surface area contributed by atoms with Crippen LogP contribution in [0.25, 0.3) is 0 Å². The van der Waals surface area contributed by atoms with Crippen molar-refractivity contribution in [3.63, 3.8) is 0 Å². The number of amides is 2. The summed E-state index contributed by atoms with van der Waals surface area (Å²) in [6.07, 6.45) is 0.0869. The predicted octanol–water partition coefficient (Wildman–Crippen LogP) is 1.81. The highest BCUT2D eigenvalue weighted by Gasteiger charge is 2.38. The molecule has 23 heavy (non-hydrogen) atoms. The molecular formula is C17H17N3O2S. The fraction of sp³-hybridized carbons (Fsp3) is 0.176. The number of anilines is 1. The van der Waals surface area contributed by atoms with E-state index in [1.54, 1.807) is 6.07 Å². The monoisotopic (exact) mass is 327 g/mol. The van der Waals surface area contributed by atoms with Crippen molar-refractivity contribution in [2.24, 2.45) is 11.5 Å². The largest absolute Gasteiger partial charge is 0.368 e. The number of benzene rings is 2. The number of hydrogen-bond donors (Lipinski definition) is 2. The lowest BCUT2D eigenvalue weighted by Gasteiger charge is -2.27. The van der Waals surface area contributed by atoms with E-state index < -0.39 is 10.8 Å². The number of nitrogens with zero attached hydrogens (tertiary/aromatic N) is 1. The van der Waals surface area contributed by atoms with Crippen molar-refractivity contribution in [3.05, 3.63) is 60.2 Å². The van der Waals surface area contributed by atoms with Crippen LogP contribution in [-0.2, 0) is 14.5 Å². The quantitative estimate of drug-likeness (QED) is 0.900. The molecule has 0 radical (unpaired) electrons. The van der Waals surface area contributed by atoms with Crippen LogP contribution in [0.3, 0.4) is 0 Å². The lowest BCUT2D eigenvalue weighted by atomic mass is 10.0. The highest BCUT2D eigenvalue weighted by atomic mass is 32.2. The van der Waals surface area contributed by atoms with Gasteiger partial charge in [-0.2, -0.15) is 0 Å². The van der Waals surface area contributed by atoms with Crippen molar-refractivity contribution in [2.45, 2.75) is 16.2 Å². The molecule has 1 aliphatic rings. The molecule has 1 atom stereocenters. The van der Waals surface area contributed by atoms with E-state index in [1.807, 2.05) is 48.5 Å². The van der Waals surface area contributed by atoms with Crippen molar-refractivity contribution in [3.8, 4) is 0 Å². The van der Waals surface area contributed by atoms with Gasteiger partial charge in [-0.1, -0.05) is 54.2 Å². The Labute approximate surface area is 138 Å². The molecule has 5 nitrogen and oxygen atoms in total. The molecule has 2 aromatic rings. The van der Waals surface area contributed by atoms with Crippen LogP contribution in [-0.4, -0.2) is 18.4 Å². The normalized spacial score (nSPS) is 20.7. The first-order chi connectivity index (χ1) is 11.0. The number of hydrogen-bond acceptors (Lipinski definition) is 4. The van der Waals surface area contributed by atoms with Gasteiger partial charge >= 0.3 is 0 Å². The van der Waals surface area contributed by atoms with Crippen molar-refractivity contribution in [1.29, 1.82) is 0 Å². The Bertz CT molecular complexity index is 751. The number of para-hydroxylation sites is 1. The average molecular weight is 327 g/mol. The van der Waals surface area contributed by atoms with E-state index in [1.165, 1.54) is 16.7 Å². The number of rotatable bonds is 3. The van der Waals surface area contributed by atoms with Gasteiger partial charge in [-0.15, -0.1) is 0 Å². The molecule has 2 aromatic carbocycles. The van der Waals surface area contributed by atoms with Gasteiger partial charge in [0.1, 0.15) is 11.4 Å². The maximum absolute atomic E-state index is 12.7. The van der Waals surface area contributed by atoms with Gasteiger partial charge in [0, 0.05) is 4.90 Å². The van der Waals surface area contributed by atoms with Crippen LogP contribution in [0.2, 0.25) is 0 Å². The number of nitrogens with two attached hydrogens (primary N) is 2. The Balaban J connectivity index is 2.08. The number of carbonyl (C=O) groups is 2. The average Bonchev–Trinajstić information content (AvgIpc) is 2.63. The zero-order chi connectivity index (χ0) is 16.4. The summed E-state index contributed by atoms with van der Waals surface area (Å²) in [6.45, 7) is -0.152. The summed E-state index contributed by atoms with van der Waals surface area (Å²) in [5.41, 5.74) is 13.4. The summed E-state index contributed by atoms with van der Waals surface area (Å²) in [4.78, 5) is 25.5. The van der Waals surface area contributed by atoms with E-state index in [0.717, 1.165) is 10.5 Å². The number of carbonyl (C=O) groups excluding carboxylic acids is 2. The third kappa shape index (κ3) is 3.09. The van der Waals surface area contributed by atoms with Crippen molar-refractivity contribution < 1.29 is 9.59 Å². The summed E-state index contributed by atoms with van der Waals surface area (Å²) in [7, 11) is 0. The summed E-state index contributed by atoms with van der Waals surface area (Å²) in [5, 5.41) is 0. The molecule has 2 amide bonds. The lowest BCUT2D eigenvalue weighted by Crippen LogP contribution is -2.42. The topological polar surface area (TPSA) is 89.4 Å². The van der Waals surface area contributed by atoms with Crippen LogP contribution in [0, 0.1) is 0 Å². The first-order valence-electron chi connectivity index (χ1n) is 7.21. The van der Waals surface area contributed by atoms with E-state index in [-0.39, 0.29) is 18.9 Å². The molecule has 3 rings (SSSR count). The maximum Gasteiger partial charge on any atom is 0.237 e. The molecule has 0 aromatic heterocycles. The predicted molar refractivity (Wildman–Crippen MR) is 90.8 cm³/mol. The van der Waals surface area contributed by atoms with E-state index in [2.05, 4.69) is 0 Å². The Morgan fingerprint density at radius 2 is 1.78 bits per heavy atom. The minimum absolute atomic E-state index is 0.0869. The highest BCUT2D eigenvalue weighted by Crippen LogP contribution is 2.46. The number of fused-ring (bicyclic) bond motifs is 1. The Hall–Kier alpha value is -2.31. The van der Waals surface area contributed by atoms with Gasteiger partial charge in [0.15, 0.2) is 0 Å². The second-order valence-electron chi connectivity index (χ2n) is 5.45. The summed E-state index contributed by atoms with van der Waals surface area (Å²) in [6, 6.07) is 16.9. The second kappa shape index (κ2) is 6.06. The molecular weight excluding hydrogens is 310 g/mol. The summed E-state index contributed by atoms with van der Waals surface area (Å²) in [5.74, 6) is -0.769. The fourth-order valence-corrected chi connectivity index (χ4v) is 3.94. The van der Waals surface area contributed by atoms with E-state index >= 15 is 0 Å². The first-order valence-corrected chi connectivity index (χ1v) is 8.02. The van der Waals surface area contributed by atoms with Gasteiger partial charge in [-0.25, -0.2) is 0 Å². The van der Waals surface area contributed by atoms with Gasteiger partial charge in [-0.05, 0) is 17.7 Å². The SMILES string of the molecule is NC(=O)CN1C(=O)CC(N)(c2ccccc2)Sc2ccccc21. The molecule has 0 saturated carbocycles. The smallest absolute Gasteiger partial charge is 0.237 e. The van der Waals surface area contributed by atoms with E-state index in [4.69, 9.17) is 11.5 Å². The number of thioether (sulfide) groups is 1. The molecule has 1 unspecified atom stereocenters. The van der Waals surface area contributed by atoms with E-state index in [0.29, 0.717) is 5.69 Å². The molecule has 0 fully saturated rings. The standard InChI is InChI=1S/C17H17N3O2S/c18-15(21)11-20-13-8-4-5-9-14(13)23-17(19,10-16(20)22)12-6-2-1-3-7-12/h1-9H,10-11,19H2,(H2,18,21). The fourth-order valence-electron chi connectivity index (χ4n) is 2.66. The molecule has 118 valence electrons. The molecule has 1 aliphatic heterocycles. The lowest BCUT2D eigenvalue weighted by molar-refractivity contribution is -0.122. The Morgan fingerprint density at radius 1 is 1.13 bits per heavy atom. The third-order valence-electron chi connectivity index (χ3n) is 3.74. The third-order valence-corrected chi connectivity index (χ3v) is 5.05.